The maximum Gasteiger partial charge on any atom is 0.226 e. The van der Waals surface area contributed by atoms with Gasteiger partial charge in [-0.15, -0.1) is 5.11 Å². The molecule has 0 saturated carbocycles. The molecule has 0 bridgehead atoms. The van der Waals surface area contributed by atoms with Gasteiger partial charge in [-0.1, -0.05) is 45.9 Å². The molecule has 0 heterocycles. The molecule has 0 fully saturated rings. The predicted octanol–water partition coefficient (Wildman–Crippen LogP) is 5.29. The van der Waals surface area contributed by atoms with Gasteiger partial charge in [0.25, 0.3) is 0 Å². The largest absolute Gasteiger partial charge is 0.326 e. The quantitative estimate of drug-likeness (QED) is 0.692. The van der Waals surface area contributed by atoms with E-state index in [0.717, 1.165) is 0 Å². The summed E-state index contributed by atoms with van der Waals surface area (Å²) in [5.41, 5.74) is 2.34. The molecule has 2 rings (SSSR count). The van der Waals surface area contributed by atoms with Gasteiger partial charge in [0.2, 0.25) is 11.8 Å². The first-order valence-electron chi connectivity index (χ1n) is 8.59. The van der Waals surface area contributed by atoms with E-state index < -0.39 is 0 Å². The Balaban J connectivity index is 2.31. The van der Waals surface area contributed by atoms with Crippen molar-refractivity contribution in [3.8, 4) is 0 Å². The van der Waals surface area contributed by atoms with Gasteiger partial charge in [0.15, 0.2) is 0 Å². The van der Waals surface area contributed by atoms with Gasteiger partial charge < -0.3 is 10.6 Å². The van der Waals surface area contributed by atoms with Gasteiger partial charge in [0, 0.05) is 17.5 Å². The Labute approximate surface area is 153 Å². The van der Waals surface area contributed by atoms with E-state index in [4.69, 9.17) is 0 Å². The fraction of sp³-hybridized carbons (Fsp3) is 0.300. The van der Waals surface area contributed by atoms with E-state index in [0.29, 0.717) is 22.7 Å². The first-order valence-corrected chi connectivity index (χ1v) is 8.59. The van der Waals surface area contributed by atoms with Crippen molar-refractivity contribution in [1.82, 2.24) is 0 Å². The van der Waals surface area contributed by atoms with Crippen molar-refractivity contribution in [3.63, 3.8) is 0 Å². The van der Waals surface area contributed by atoms with Gasteiger partial charge in [-0.3, -0.25) is 9.59 Å². The molecule has 26 heavy (non-hydrogen) atoms. The van der Waals surface area contributed by atoms with E-state index >= 15 is 0 Å². The summed E-state index contributed by atoms with van der Waals surface area (Å²) in [6.45, 7) is 7.26. The minimum atomic E-state index is -0.178. The van der Waals surface area contributed by atoms with Crippen molar-refractivity contribution in [2.75, 3.05) is 10.6 Å². The number of carbonyl (C=O) groups is 2. The molecule has 0 atom stereocenters. The summed E-state index contributed by atoms with van der Waals surface area (Å²) in [6.07, 6.45) is 0. The predicted molar refractivity (Wildman–Crippen MR) is 104 cm³/mol. The van der Waals surface area contributed by atoms with Crippen LogP contribution in [0.2, 0.25) is 0 Å². The maximum atomic E-state index is 12.1. The lowest BCUT2D eigenvalue weighted by Crippen LogP contribution is -2.19. The topological polar surface area (TPSA) is 82.9 Å². The monoisotopic (exact) mass is 352 g/mol. The molecule has 0 aliphatic rings. The van der Waals surface area contributed by atoms with Crippen LogP contribution in [-0.2, 0) is 9.59 Å². The molecule has 2 N–H and O–H groups in total. The molecule has 2 aromatic rings. The zero-order chi connectivity index (χ0) is 19.1. The molecule has 2 aromatic carbocycles. The standard InChI is InChI=1S/C20H24N4O2/c1-13(2)19(25)21-16-10-11-17(18(12-16)22-20(26)14(3)4)24-23-15-8-6-5-7-9-15/h5-14H,1-4H3,(H,21,25)(H,22,26). The average Bonchev–Trinajstić information content (AvgIpc) is 2.61. The summed E-state index contributed by atoms with van der Waals surface area (Å²) in [6, 6.07) is 14.5. The lowest BCUT2D eigenvalue weighted by Gasteiger charge is -2.13. The SMILES string of the molecule is CC(C)C(=O)Nc1ccc(N=Nc2ccccc2)c(NC(=O)C(C)C)c1. The number of anilines is 2. The van der Waals surface area contributed by atoms with Crippen molar-refractivity contribution in [2.24, 2.45) is 22.1 Å². The van der Waals surface area contributed by atoms with Crippen LogP contribution in [0.1, 0.15) is 27.7 Å². The molecule has 0 radical (unpaired) electrons. The number of hydrogen-bond acceptors (Lipinski definition) is 4. The van der Waals surface area contributed by atoms with Gasteiger partial charge in [0.1, 0.15) is 5.69 Å². The van der Waals surface area contributed by atoms with Gasteiger partial charge in [-0.2, -0.15) is 5.11 Å². The van der Waals surface area contributed by atoms with Gasteiger partial charge in [-0.05, 0) is 30.3 Å². The summed E-state index contributed by atoms with van der Waals surface area (Å²) < 4.78 is 0. The molecule has 2 amide bonds. The smallest absolute Gasteiger partial charge is 0.226 e. The number of azo groups is 1. The van der Waals surface area contributed by atoms with E-state index in [1.165, 1.54) is 0 Å². The van der Waals surface area contributed by atoms with E-state index in [9.17, 15) is 9.59 Å². The summed E-state index contributed by atoms with van der Waals surface area (Å²) >= 11 is 0. The number of benzene rings is 2. The highest BCUT2D eigenvalue weighted by molar-refractivity contribution is 5.97. The molecule has 0 aliphatic heterocycles. The molecule has 0 saturated heterocycles. The maximum absolute atomic E-state index is 12.1. The van der Waals surface area contributed by atoms with E-state index in [1.807, 2.05) is 58.0 Å². The number of carbonyl (C=O) groups excluding carboxylic acids is 2. The zero-order valence-electron chi connectivity index (χ0n) is 15.5. The zero-order valence-corrected chi connectivity index (χ0v) is 15.5. The summed E-state index contributed by atoms with van der Waals surface area (Å²) in [7, 11) is 0. The highest BCUT2D eigenvalue weighted by atomic mass is 16.2. The Hall–Kier alpha value is -3.02. The molecule has 136 valence electrons. The fourth-order valence-electron chi connectivity index (χ4n) is 1.97. The summed E-state index contributed by atoms with van der Waals surface area (Å²) in [5.74, 6) is -0.540. The molecule has 0 unspecified atom stereocenters. The Morgan fingerprint density at radius 3 is 2.04 bits per heavy atom. The second-order valence-corrected chi connectivity index (χ2v) is 6.56. The highest BCUT2D eigenvalue weighted by Crippen LogP contribution is 2.30. The third-order valence-electron chi connectivity index (χ3n) is 3.60. The normalized spacial score (nSPS) is 11.2. The minimum Gasteiger partial charge on any atom is -0.326 e. The highest BCUT2D eigenvalue weighted by Gasteiger charge is 2.13. The molecule has 0 aromatic heterocycles. The molecule has 0 aliphatic carbocycles. The van der Waals surface area contributed by atoms with Gasteiger partial charge in [0.05, 0.1) is 11.4 Å². The lowest BCUT2D eigenvalue weighted by atomic mass is 10.1. The van der Waals surface area contributed by atoms with Gasteiger partial charge in [-0.25, -0.2) is 0 Å². The van der Waals surface area contributed by atoms with E-state index in [2.05, 4.69) is 20.9 Å². The van der Waals surface area contributed by atoms with Crippen LogP contribution >= 0.6 is 0 Å². The van der Waals surface area contributed by atoms with Crippen LogP contribution in [0.25, 0.3) is 0 Å². The third kappa shape index (κ3) is 5.51. The van der Waals surface area contributed by atoms with Crippen LogP contribution in [0.3, 0.4) is 0 Å². The second-order valence-electron chi connectivity index (χ2n) is 6.56. The lowest BCUT2D eigenvalue weighted by molar-refractivity contribution is -0.119. The van der Waals surface area contributed by atoms with Crippen LogP contribution in [-0.4, -0.2) is 11.8 Å². The number of amides is 2. The number of hydrogen-bond donors (Lipinski definition) is 2. The minimum absolute atomic E-state index is 0.0928. The van der Waals surface area contributed by atoms with E-state index in [-0.39, 0.29) is 23.7 Å². The van der Waals surface area contributed by atoms with Crippen molar-refractivity contribution < 1.29 is 9.59 Å². The average molecular weight is 352 g/mol. The Morgan fingerprint density at radius 2 is 1.42 bits per heavy atom. The Morgan fingerprint density at radius 1 is 0.808 bits per heavy atom. The van der Waals surface area contributed by atoms with Crippen molar-refractivity contribution in [1.29, 1.82) is 0 Å². The van der Waals surface area contributed by atoms with Crippen molar-refractivity contribution in [3.05, 3.63) is 48.5 Å². The van der Waals surface area contributed by atoms with Crippen LogP contribution < -0.4 is 10.6 Å². The number of nitrogens with zero attached hydrogens (tertiary/aromatic N) is 2. The number of nitrogens with one attached hydrogen (secondary N) is 2. The summed E-state index contributed by atoms with van der Waals surface area (Å²) in [5, 5.41) is 14.1. The Kier molecular flexibility index (Phi) is 6.60. The first-order chi connectivity index (χ1) is 12.4. The van der Waals surface area contributed by atoms with Crippen LogP contribution in [0.5, 0.6) is 0 Å². The molecule has 6 heteroatoms. The molecular weight excluding hydrogens is 328 g/mol. The van der Waals surface area contributed by atoms with Crippen LogP contribution in [0, 0.1) is 11.8 Å². The van der Waals surface area contributed by atoms with Crippen LogP contribution in [0.4, 0.5) is 22.7 Å². The van der Waals surface area contributed by atoms with E-state index in [1.54, 1.807) is 18.2 Å². The number of rotatable bonds is 6. The first kappa shape index (κ1) is 19.3. The van der Waals surface area contributed by atoms with Crippen LogP contribution in [0.15, 0.2) is 58.8 Å². The molecule has 6 nitrogen and oxygen atoms in total. The van der Waals surface area contributed by atoms with Gasteiger partial charge >= 0.3 is 0 Å². The second kappa shape index (κ2) is 8.89. The van der Waals surface area contributed by atoms with Crippen molar-refractivity contribution in [2.45, 2.75) is 27.7 Å². The molecular formula is C20H24N4O2. The Bertz CT molecular complexity index is 799. The fourth-order valence-corrected chi connectivity index (χ4v) is 1.97. The molecule has 0 spiro atoms. The third-order valence-corrected chi connectivity index (χ3v) is 3.60. The summed E-state index contributed by atoms with van der Waals surface area (Å²) in [4.78, 5) is 24.0. The van der Waals surface area contributed by atoms with Crippen molar-refractivity contribution >= 4 is 34.6 Å².